The third-order valence-corrected chi connectivity index (χ3v) is 7.24. The molecule has 204 valence electrons. The van der Waals surface area contributed by atoms with Gasteiger partial charge in [-0.15, -0.1) is 0 Å². The molecule has 0 spiro atoms. The second-order valence-corrected chi connectivity index (χ2v) is 9.70. The Hall–Kier alpha value is -4.51. The highest BCUT2D eigenvalue weighted by atomic mass is 19.4. The predicted octanol–water partition coefficient (Wildman–Crippen LogP) is 5.53. The van der Waals surface area contributed by atoms with E-state index in [4.69, 9.17) is 0 Å². The molecule has 2 aliphatic heterocycles. The number of hydrogen-bond donors (Lipinski definition) is 1. The van der Waals surface area contributed by atoms with Crippen molar-refractivity contribution in [2.24, 2.45) is 0 Å². The van der Waals surface area contributed by atoms with Crippen LogP contribution in [0.1, 0.15) is 27.7 Å². The number of rotatable bonds is 4. The number of fused-ring (bicyclic) bond motifs is 1. The second-order valence-electron chi connectivity index (χ2n) is 9.70. The molecule has 40 heavy (non-hydrogen) atoms. The molecule has 7 nitrogen and oxygen atoms in total. The van der Waals surface area contributed by atoms with Crippen molar-refractivity contribution in [3.63, 3.8) is 0 Å². The first-order valence-electron chi connectivity index (χ1n) is 12.7. The molecule has 1 atom stereocenters. The molecule has 6 rings (SSSR count). The Bertz CT molecular complexity index is 1590. The first kappa shape index (κ1) is 25.8. The van der Waals surface area contributed by atoms with Gasteiger partial charge in [-0.2, -0.15) is 18.3 Å². The first-order valence-corrected chi connectivity index (χ1v) is 12.7. The number of pyridine rings is 1. The van der Waals surface area contributed by atoms with Gasteiger partial charge in [-0.05, 0) is 42.0 Å². The summed E-state index contributed by atoms with van der Waals surface area (Å²) in [7, 11) is 0. The van der Waals surface area contributed by atoms with Crippen molar-refractivity contribution in [3.8, 4) is 16.9 Å². The largest absolute Gasteiger partial charge is 0.419 e. The Morgan fingerprint density at radius 2 is 1.77 bits per heavy atom. The van der Waals surface area contributed by atoms with Crippen molar-refractivity contribution in [1.29, 1.82) is 0 Å². The fourth-order valence-corrected chi connectivity index (χ4v) is 5.31. The van der Waals surface area contributed by atoms with Gasteiger partial charge in [0.2, 0.25) is 0 Å². The minimum atomic E-state index is -4.83. The van der Waals surface area contributed by atoms with Gasteiger partial charge in [0, 0.05) is 61.6 Å². The normalized spacial score (nSPS) is 17.6. The Balaban J connectivity index is 1.26. The summed E-state index contributed by atoms with van der Waals surface area (Å²) in [5.74, 6) is -1.74. The van der Waals surface area contributed by atoms with Crippen LogP contribution in [-0.2, 0) is 6.18 Å². The van der Waals surface area contributed by atoms with Gasteiger partial charge in [0.05, 0.1) is 23.0 Å². The summed E-state index contributed by atoms with van der Waals surface area (Å²) in [6.07, 6.45) is -1.72. The van der Waals surface area contributed by atoms with Gasteiger partial charge in [0.15, 0.2) is 5.69 Å². The molecule has 0 aliphatic carbocycles. The smallest absolute Gasteiger partial charge is 0.358 e. The number of alkyl halides is 3. The van der Waals surface area contributed by atoms with E-state index in [1.165, 1.54) is 4.68 Å². The number of nitrogens with one attached hydrogen (secondary N) is 1. The van der Waals surface area contributed by atoms with E-state index in [0.717, 1.165) is 29.1 Å². The molecule has 0 saturated carbocycles. The summed E-state index contributed by atoms with van der Waals surface area (Å²) < 4.78 is 55.1. The fourth-order valence-electron chi connectivity index (χ4n) is 5.31. The van der Waals surface area contributed by atoms with Gasteiger partial charge < -0.3 is 10.2 Å². The Labute approximate surface area is 227 Å². The third kappa shape index (κ3) is 4.62. The van der Waals surface area contributed by atoms with E-state index in [2.05, 4.69) is 32.9 Å². The van der Waals surface area contributed by atoms with E-state index < -0.39 is 17.6 Å². The minimum Gasteiger partial charge on any atom is -0.358 e. The quantitative estimate of drug-likeness (QED) is 0.340. The van der Waals surface area contributed by atoms with Crippen LogP contribution < -0.4 is 5.32 Å². The molecule has 1 saturated heterocycles. The van der Waals surface area contributed by atoms with Gasteiger partial charge in [-0.1, -0.05) is 24.8 Å². The fraction of sp³-hybridized carbons (Fsp3) is 0.207. The Morgan fingerprint density at radius 1 is 1.00 bits per heavy atom. The summed E-state index contributed by atoms with van der Waals surface area (Å²) in [6, 6.07) is 15.6. The van der Waals surface area contributed by atoms with Gasteiger partial charge in [-0.25, -0.2) is 9.07 Å². The van der Waals surface area contributed by atoms with E-state index in [-0.39, 0.29) is 23.3 Å². The molecule has 1 N–H and O–H groups in total. The number of aromatic nitrogens is 3. The number of benzene rings is 2. The molecule has 2 aromatic heterocycles. The van der Waals surface area contributed by atoms with Crippen LogP contribution in [0.3, 0.4) is 0 Å². The lowest BCUT2D eigenvalue weighted by Gasteiger charge is -2.38. The summed E-state index contributed by atoms with van der Waals surface area (Å²) in [5.41, 5.74) is 2.83. The number of hydrogen-bond acceptors (Lipinski definition) is 5. The van der Waals surface area contributed by atoms with Crippen molar-refractivity contribution in [3.05, 3.63) is 108 Å². The lowest BCUT2D eigenvalue weighted by atomic mass is 10.0. The molecule has 1 amide bonds. The topological polar surface area (TPSA) is 66.3 Å². The molecule has 0 radical (unpaired) electrons. The summed E-state index contributed by atoms with van der Waals surface area (Å²) in [4.78, 5) is 21.6. The van der Waals surface area contributed by atoms with Crippen LogP contribution in [0.4, 0.5) is 23.2 Å². The molecule has 1 fully saturated rings. The van der Waals surface area contributed by atoms with Crippen molar-refractivity contribution in [2.75, 3.05) is 31.5 Å². The number of piperazine rings is 1. The average Bonchev–Trinajstić information content (AvgIpc) is 3.54. The van der Waals surface area contributed by atoms with Crippen molar-refractivity contribution >= 4 is 11.6 Å². The molecular formula is C29H24F4N6O. The number of nitrogens with zero attached hydrogens (tertiary/aromatic N) is 5. The molecule has 4 heterocycles. The zero-order chi connectivity index (χ0) is 28.0. The lowest BCUT2D eigenvalue weighted by Crippen LogP contribution is -2.49. The summed E-state index contributed by atoms with van der Waals surface area (Å²) in [5, 5.41) is 7.75. The van der Waals surface area contributed by atoms with Gasteiger partial charge in [0.1, 0.15) is 5.82 Å². The van der Waals surface area contributed by atoms with Crippen LogP contribution in [0, 0.1) is 5.82 Å². The number of amides is 1. The lowest BCUT2D eigenvalue weighted by molar-refractivity contribution is -0.140. The Kier molecular flexibility index (Phi) is 6.38. The Morgan fingerprint density at radius 3 is 2.48 bits per heavy atom. The van der Waals surface area contributed by atoms with Crippen molar-refractivity contribution < 1.29 is 22.4 Å². The molecule has 0 bridgehead atoms. The minimum absolute atomic E-state index is 0.0133. The zero-order valence-electron chi connectivity index (χ0n) is 21.2. The maximum atomic E-state index is 14.4. The van der Waals surface area contributed by atoms with E-state index in [9.17, 15) is 22.4 Å². The van der Waals surface area contributed by atoms with Crippen LogP contribution in [-0.4, -0.2) is 56.7 Å². The molecule has 2 aromatic carbocycles. The van der Waals surface area contributed by atoms with Crippen molar-refractivity contribution in [1.82, 2.24) is 24.6 Å². The van der Waals surface area contributed by atoms with Crippen molar-refractivity contribution in [2.45, 2.75) is 12.2 Å². The van der Waals surface area contributed by atoms with E-state index >= 15 is 0 Å². The average molecular weight is 549 g/mol. The van der Waals surface area contributed by atoms with Crippen LogP contribution in [0.2, 0.25) is 0 Å². The molecule has 2 aliphatic rings. The SMILES string of the molecule is C=C1Nc2ccccc2C1N1CCN(C(=O)c2cc(-c3cccnc3)n(-c3ccc(C(F)(F)F)c(F)c3)n2)CC1. The summed E-state index contributed by atoms with van der Waals surface area (Å²) in [6.45, 7) is 6.32. The number of para-hydroxylation sites is 1. The molecular weight excluding hydrogens is 524 g/mol. The standard InChI is InChI=1S/C29H24F4N6O/c1-18-27(21-6-2-3-7-24(21)35-18)37-11-13-38(14-12-37)28(40)25-16-26(19-5-4-10-34-17-19)39(36-25)20-8-9-22(23(30)15-20)29(31,32)33/h2-10,15-17,27,35H,1,11-14H2. The van der Waals surface area contributed by atoms with Gasteiger partial charge in [-0.3, -0.25) is 14.7 Å². The van der Waals surface area contributed by atoms with E-state index in [1.807, 2.05) is 18.2 Å². The summed E-state index contributed by atoms with van der Waals surface area (Å²) >= 11 is 0. The molecule has 11 heteroatoms. The third-order valence-electron chi connectivity index (χ3n) is 7.24. The van der Waals surface area contributed by atoms with E-state index in [0.29, 0.717) is 43.5 Å². The maximum Gasteiger partial charge on any atom is 0.419 e. The second kappa shape index (κ2) is 9.91. The number of carbonyl (C=O) groups excluding carboxylic acids is 1. The zero-order valence-corrected chi connectivity index (χ0v) is 21.2. The monoisotopic (exact) mass is 548 g/mol. The predicted molar refractivity (Wildman–Crippen MR) is 141 cm³/mol. The first-order chi connectivity index (χ1) is 19.2. The van der Waals surface area contributed by atoms with Crippen LogP contribution in [0.15, 0.2) is 85.3 Å². The number of halogens is 4. The highest BCUT2D eigenvalue weighted by Crippen LogP contribution is 2.40. The molecule has 4 aromatic rings. The van der Waals surface area contributed by atoms with Gasteiger partial charge in [0.25, 0.3) is 5.91 Å². The van der Waals surface area contributed by atoms with Crippen LogP contribution in [0.5, 0.6) is 0 Å². The molecule has 1 unspecified atom stereocenters. The highest BCUT2D eigenvalue weighted by Gasteiger charge is 2.36. The van der Waals surface area contributed by atoms with Crippen LogP contribution >= 0.6 is 0 Å². The highest BCUT2D eigenvalue weighted by molar-refractivity contribution is 5.93. The van der Waals surface area contributed by atoms with Gasteiger partial charge >= 0.3 is 6.18 Å². The maximum absolute atomic E-state index is 14.4. The number of carbonyl (C=O) groups is 1. The number of anilines is 1. The van der Waals surface area contributed by atoms with E-state index in [1.54, 1.807) is 35.5 Å². The van der Waals surface area contributed by atoms with Crippen LogP contribution in [0.25, 0.3) is 16.9 Å².